The highest BCUT2D eigenvalue weighted by molar-refractivity contribution is 8.00. The summed E-state index contributed by atoms with van der Waals surface area (Å²) in [5.41, 5.74) is -1.09. The second-order valence-corrected chi connectivity index (χ2v) is 6.71. The quantitative estimate of drug-likeness (QED) is 0.664. The zero-order chi connectivity index (χ0) is 17.7. The van der Waals surface area contributed by atoms with Gasteiger partial charge in [-0.2, -0.15) is 13.2 Å². The summed E-state index contributed by atoms with van der Waals surface area (Å²) in [4.78, 5) is 13.2. The van der Waals surface area contributed by atoms with Crippen molar-refractivity contribution in [1.29, 1.82) is 0 Å². The zero-order valence-electron chi connectivity index (χ0n) is 12.7. The first-order valence-corrected chi connectivity index (χ1v) is 8.46. The standard InChI is InChI=1S/C17H15ClF3NOS/c1-2-15(24-12-9-7-11(18)8-10-12)16(23)22-14-6-4-3-5-13(14)17(19,20)21/h3-10,15H,2H2,1H3,(H,22,23)/t15-/m0/s1. The Morgan fingerprint density at radius 3 is 2.38 bits per heavy atom. The molecule has 0 heterocycles. The van der Waals surface area contributed by atoms with E-state index in [0.717, 1.165) is 11.0 Å². The lowest BCUT2D eigenvalue weighted by Gasteiger charge is -2.17. The molecule has 0 aliphatic carbocycles. The highest BCUT2D eigenvalue weighted by Crippen LogP contribution is 2.35. The maximum Gasteiger partial charge on any atom is 0.418 e. The Morgan fingerprint density at radius 1 is 1.17 bits per heavy atom. The number of amides is 1. The van der Waals surface area contributed by atoms with Crippen LogP contribution in [-0.2, 0) is 11.0 Å². The summed E-state index contributed by atoms with van der Waals surface area (Å²) >= 11 is 7.10. The smallest absolute Gasteiger partial charge is 0.325 e. The van der Waals surface area contributed by atoms with Crippen molar-refractivity contribution in [2.75, 3.05) is 5.32 Å². The molecule has 0 aliphatic heterocycles. The Morgan fingerprint density at radius 2 is 1.79 bits per heavy atom. The van der Waals surface area contributed by atoms with Crippen LogP contribution in [0.5, 0.6) is 0 Å². The van der Waals surface area contributed by atoms with Gasteiger partial charge in [-0.05, 0) is 42.8 Å². The maximum atomic E-state index is 13.0. The second-order valence-electron chi connectivity index (χ2n) is 5.00. The largest absolute Gasteiger partial charge is 0.418 e. The van der Waals surface area contributed by atoms with Crippen LogP contribution in [0.3, 0.4) is 0 Å². The van der Waals surface area contributed by atoms with E-state index in [1.165, 1.54) is 30.0 Å². The molecule has 0 unspecified atom stereocenters. The average molecular weight is 374 g/mol. The molecule has 2 aromatic rings. The molecule has 0 saturated carbocycles. The molecule has 0 bridgehead atoms. The molecular formula is C17H15ClF3NOS. The van der Waals surface area contributed by atoms with Crippen molar-refractivity contribution in [2.45, 2.75) is 29.7 Å². The molecule has 2 rings (SSSR count). The number of nitrogens with one attached hydrogen (secondary N) is 1. The third-order valence-electron chi connectivity index (χ3n) is 3.25. The van der Waals surface area contributed by atoms with E-state index < -0.39 is 22.9 Å². The lowest BCUT2D eigenvalue weighted by molar-refractivity contribution is -0.137. The van der Waals surface area contributed by atoms with E-state index in [2.05, 4.69) is 5.32 Å². The van der Waals surface area contributed by atoms with E-state index in [1.807, 2.05) is 6.92 Å². The first kappa shape index (κ1) is 18.7. The molecule has 0 spiro atoms. The van der Waals surface area contributed by atoms with Crippen molar-refractivity contribution >= 4 is 35.0 Å². The summed E-state index contributed by atoms with van der Waals surface area (Å²) in [7, 11) is 0. The predicted octanol–water partition coefficient (Wildman–Crippen LogP) is 5.87. The normalized spacial score (nSPS) is 12.7. The van der Waals surface area contributed by atoms with Gasteiger partial charge in [0.25, 0.3) is 0 Å². The molecule has 128 valence electrons. The molecule has 2 aromatic carbocycles. The van der Waals surface area contributed by atoms with Crippen molar-refractivity contribution in [3.63, 3.8) is 0 Å². The first-order valence-electron chi connectivity index (χ1n) is 7.20. The molecule has 1 atom stereocenters. The van der Waals surface area contributed by atoms with Gasteiger partial charge in [0, 0.05) is 9.92 Å². The highest BCUT2D eigenvalue weighted by Gasteiger charge is 2.34. The van der Waals surface area contributed by atoms with Gasteiger partial charge in [-0.1, -0.05) is 30.7 Å². The molecule has 24 heavy (non-hydrogen) atoms. The lowest BCUT2D eigenvalue weighted by Crippen LogP contribution is -2.26. The van der Waals surface area contributed by atoms with Gasteiger partial charge in [-0.3, -0.25) is 4.79 Å². The van der Waals surface area contributed by atoms with Crippen LogP contribution >= 0.6 is 23.4 Å². The van der Waals surface area contributed by atoms with Crippen molar-refractivity contribution < 1.29 is 18.0 Å². The Hall–Kier alpha value is -1.66. The zero-order valence-corrected chi connectivity index (χ0v) is 14.3. The Bertz CT molecular complexity index is 704. The molecule has 0 fully saturated rings. The van der Waals surface area contributed by atoms with Crippen LogP contribution < -0.4 is 5.32 Å². The van der Waals surface area contributed by atoms with Crippen molar-refractivity contribution in [1.82, 2.24) is 0 Å². The number of thioether (sulfide) groups is 1. The van der Waals surface area contributed by atoms with Crippen LogP contribution in [-0.4, -0.2) is 11.2 Å². The van der Waals surface area contributed by atoms with E-state index in [-0.39, 0.29) is 5.69 Å². The molecule has 0 aromatic heterocycles. The van der Waals surface area contributed by atoms with E-state index in [0.29, 0.717) is 11.4 Å². The SMILES string of the molecule is CC[C@H](Sc1ccc(Cl)cc1)C(=O)Nc1ccccc1C(F)(F)F. The number of carbonyl (C=O) groups is 1. The maximum absolute atomic E-state index is 13.0. The van der Waals surface area contributed by atoms with Crippen LogP contribution in [0.15, 0.2) is 53.4 Å². The number of halogens is 4. The van der Waals surface area contributed by atoms with E-state index in [9.17, 15) is 18.0 Å². The van der Waals surface area contributed by atoms with Gasteiger partial charge in [-0.15, -0.1) is 11.8 Å². The van der Waals surface area contributed by atoms with Crippen molar-refractivity contribution in [3.05, 3.63) is 59.1 Å². The highest BCUT2D eigenvalue weighted by atomic mass is 35.5. The number of carbonyl (C=O) groups excluding carboxylic acids is 1. The fraction of sp³-hybridized carbons (Fsp3) is 0.235. The topological polar surface area (TPSA) is 29.1 Å². The number of rotatable bonds is 5. The summed E-state index contributed by atoms with van der Waals surface area (Å²) in [6.45, 7) is 1.81. The molecule has 2 nitrogen and oxygen atoms in total. The van der Waals surface area contributed by atoms with Gasteiger partial charge in [0.05, 0.1) is 16.5 Å². The van der Waals surface area contributed by atoms with Crippen LogP contribution in [0.2, 0.25) is 5.02 Å². The van der Waals surface area contributed by atoms with Gasteiger partial charge in [0.2, 0.25) is 5.91 Å². The third kappa shape index (κ3) is 4.92. The predicted molar refractivity (Wildman–Crippen MR) is 91.5 cm³/mol. The fourth-order valence-electron chi connectivity index (χ4n) is 2.05. The van der Waals surface area contributed by atoms with Gasteiger partial charge >= 0.3 is 6.18 Å². The van der Waals surface area contributed by atoms with Crippen molar-refractivity contribution in [2.24, 2.45) is 0 Å². The first-order chi connectivity index (χ1) is 11.3. The van der Waals surface area contributed by atoms with Crippen LogP contribution in [0, 0.1) is 0 Å². The van der Waals surface area contributed by atoms with Crippen molar-refractivity contribution in [3.8, 4) is 0 Å². The Labute approximate surface area is 147 Å². The molecule has 0 saturated heterocycles. The summed E-state index contributed by atoms with van der Waals surface area (Å²) in [6.07, 6.45) is -4.04. The number of hydrogen-bond donors (Lipinski definition) is 1. The Kier molecular flexibility index (Phi) is 6.18. The minimum atomic E-state index is -4.52. The summed E-state index contributed by atoms with van der Waals surface area (Å²) in [5, 5.41) is 2.47. The molecule has 0 radical (unpaired) electrons. The number of alkyl halides is 3. The monoisotopic (exact) mass is 373 g/mol. The van der Waals surface area contributed by atoms with E-state index in [4.69, 9.17) is 11.6 Å². The van der Waals surface area contributed by atoms with Gasteiger partial charge in [0.15, 0.2) is 0 Å². The third-order valence-corrected chi connectivity index (χ3v) is 4.87. The van der Waals surface area contributed by atoms with Crippen LogP contribution in [0.4, 0.5) is 18.9 Å². The fourth-order valence-corrected chi connectivity index (χ4v) is 3.13. The number of para-hydroxylation sites is 1. The molecule has 1 amide bonds. The number of hydrogen-bond acceptors (Lipinski definition) is 2. The summed E-state index contributed by atoms with van der Waals surface area (Å²) in [6, 6.07) is 11.9. The summed E-state index contributed by atoms with van der Waals surface area (Å²) in [5.74, 6) is -0.464. The van der Waals surface area contributed by atoms with Crippen LogP contribution in [0.1, 0.15) is 18.9 Å². The second kappa shape index (κ2) is 7.94. The minimum Gasteiger partial charge on any atom is -0.325 e. The average Bonchev–Trinajstić information content (AvgIpc) is 2.53. The Balaban J connectivity index is 2.14. The van der Waals surface area contributed by atoms with Gasteiger partial charge in [0.1, 0.15) is 0 Å². The minimum absolute atomic E-state index is 0.231. The summed E-state index contributed by atoms with van der Waals surface area (Å²) < 4.78 is 39.0. The van der Waals surface area contributed by atoms with Gasteiger partial charge < -0.3 is 5.32 Å². The number of anilines is 1. The molecule has 0 aliphatic rings. The lowest BCUT2D eigenvalue weighted by atomic mass is 10.1. The molecule has 1 N–H and O–H groups in total. The molecular weight excluding hydrogens is 359 g/mol. The van der Waals surface area contributed by atoms with Crippen LogP contribution in [0.25, 0.3) is 0 Å². The van der Waals surface area contributed by atoms with E-state index in [1.54, 1.807) is 24.3 Å². The van der Waals surface area contributed by atoms with Gasteiger partial charge in [-0.25, -0.2) is 0 Å². The number of benzene rings is 2. The van der Waals surface area contributed by atoms with E-state index >= 15 is 0 Å². The molecule has 7 heteroatoms.